The Labute approximate surface area is 141 Å². The summed E-state index contributed by atoms with van der Waals surface area (Å²) in [4.78, 5) is 0.176. The molecule has 2 aromatic carbocycles. The minimum atomic E-state index is 0.176. The van der Waals surface area contributed by atoms with E-state index in [2.05, 4.69) is 67.9 Å². The van der Waals surface area contributed by atoms with Crippen LogP contribution in [0.4, 0.5) is 0 Å². The minimum Gasteiger partial charge on any atom is -0.0843 e. The Kier molecular flexibility index (Phi) is 5.51. The van der Waals surface area contributed by atoms with Gasteiger partial charge < -0.3 is 0 Å². The fourth-order valence-electron chi connectivity index (χ4n) is 2.53. The summed E-state index contributed by atoms with van der Waals surface area (Å²) in [6, 6.07) is 14.9. The van der Waals surface area contributed by atoms with E-state index in [9.17, 15) is 0 Å². The van der Waals surface area contributed by atoms with Crippen molar-refractivity contribution in [2.75, 3.05) is 0 Å². The van der Waals surface area contributed by atoms with Crippen LogP contribution in [0.5, 0.6) is 0 Å². The molecule has 1 atom stereocenters. The molecule has 0 radical (unpaired) electrons. The van der Waals surface area contributed by atoms with E-state index in [1.54, 1.807) is 0 Å². The van der Waals surface area contributed by atoms with Gasteiger partial charge in [0.15, 0.2) is 0 Å². The van der Waals surface area contributed by atoms with Crippen molar-refractivity contribution in [3.63, 3.8) is 0 Å². The molecule has 0 fully saturated rings. The largest absolute Gasteiger partial charge is 0.0843 e. The van der Waals surface area contributed by atoms with E-state index in [4.69, 9.17) is 11.6 Å². The summed E-state index contributed by atoms with van der Waals surface area (Å²) in [6.45, 7) is 8.98. The number of hydrogen-bond acceptors (Lipinski definition) is 0. The maximum Gasteiger partial charge on any atom is 0.0647 e. The third-order valence-electron chi connectivity index (χ3n) is 3.81. The van der Waals surface area contributed by atoms with Crippen molar-refractivity contribution < 1.29 is 0 Å². The maximum absolute atomic E-state index is 6.12. The molecule has 0 aliphatic heterocycles. The van der Waals surface area contributed by atoms with Crippen LogP contribution in [-0.2, 0) is 0 Å². The summed E-state index contributed by atoms with van der Waals surface area (Å²) >= 11 is 9.98. The zero-order valence-electron chi connectivity index (χ0n) is 13.0. The second-order valence-electron chi connectivity index (χ2n) is 6.12. The first-order valence-electron chi connectivity index (χ1n) is 7.43. The number of halogens is 2. The molecule has 0 saturated carbocycles. The van der Waals surface area contributed by atoms with Gasteiger partial charge in [0.2, 0.25) is 0 Å². The van der Waals surface area contributed by atoms with Gasteiger partial charge in [0.25, 0.3) is 0 Å². The molecule has 0 bridgehead atoms. The van der Waals surface area contributed by atoms with Crippen LogP contribution in [0.2, 0.25) is 5.02 Å². The van der Waals surface area contributed by atoms with Gasteiger partial charge in [0.1, 0.15) is 0 Å². The van der Waals surface area contributed by atoms with Crippen LogP contribution in [0.1, 0.15) is 66.6 Å². The molecule has 2 aromatic rings. The fraction of sp³-hybridized carbons (Fsp3) is 0.368. The van der Waals surface area contributed by atoms with E-state index < -0.39 is 0 Å². The van der Waals surface area contributed by atoms with Crippen molar-refractivity contribution >= 4 is 27.5 Å². The average molecular weight is 366 g/mol. The lowest BCUT2D eigenvalue weighted by atomic mass is 9.89. The third-order valence-corrected chi connectivity index (χ3v) is 5.07. The molecule has 0 spiro atoms. The standard InChI is InChI=1S/C19H22BrCl/c1-12(2)14-8-9-17(18(11-14)13(3)4)19(20)15-6-5-7-16(21)10-15/h5-13,19H,1-4H3. The molecule has 0 N–H and O–H groups in total. The fourth-order valence-corrected chi connectivity index (χ4v) is 3.43. The van der Waals surface area contributed by atoms with Crippen LogP contribution < -0.4 is 0 Å². The molecule has 0 heterocycles. The highest BCUT2D eigenvalue weighted by Gasteiger charge is 2.17. The minimum absolute atomic E-state index is 0.176. The van der Waals surface area contributed by atoms with Crippen molar-refractivity contribution in [3.8, 4) is 0 Å². The molecule has 0 aliphatic rings. The Morgan fingerprint density at radius 3 is 2.10 bits per heavy atom. The summed E-state index contributed by atoms with van der Waals surface area (Å²) in [5.74, 6) is 1.05. The van der Waals surface area contributed by atoms with Crippen LogP contribution in [0.25, 0.3) is 0 Å². The Balaban J connectivity index is 2.47. The topological polar surface area (TPSA) is 0 Å². The predicted molar refractivity (Wildman–Crippen MR) is 96.8 cm³/mol. The van der Waals surface area contributed by atoms with Crippen molar-refractivity contribution in [3.05, 3.63) is 69.7 Å². The van der Waals surface area contributed by atoms with E-state index in [-0.39, 0.29) is 4.83 Å². The highest BCUT2D eigenvalue weighted by molar-refractivity contribution is 9.09. The number of hydrogen-bond donors (Lipinski definition) is 0. The van der Waals surface area contributed by atoms with Crippen molar-refractivity contribution in [1.82, 2.24) is 0 Å². The van der Waals surface area contributed by atoms with Crippen LogP contribution in [0.15, 0.2) is 42.5 Å². The average Bonchev–Trinajstić information content (AvgIpc) is 2.45. The molecule has 2 heteroatoms. The van der Waals surface area contributed by atoms with Crippen LogP contribution in [0.3, 0.4) is 0 Å². The highest BCUT2D eigenvalue weighted by atomic mass is 79.9. The predicted octanol–water partition coefficient (Wildman–Crippen LogP) is 7.07. The van der Waals surface area contributed by atoms with Gasteiger partial charge >= 0.3 is 0 Å². The Hall–Kier alpha value is -0.790. The quantitative estimate of drug-likeness (QED) is 0.508. The van der Waals surface area contributed by atoms with Gasteiger partial charge in [-0.2, -0.15) is 0 Å². The first-order chi connectivity index (χ1) is 9.90. The van der Waals surface area contributed by atoms with E-state index in [1.165, 1.54) is 22.3 Å². The first-order valence-corrected chi connectivity index (χ1v) is 8.72. The maximum atomic E-state index is 6.12. The van der Waals surface area contributed by atoms with Gasteiger partial charge in [-0.15, -0.1) is 0 Å². The van der Waals surface area contributed by atoms with E-state index in [0.29, 0.717) is 11.8 Å². The SMILES string of the molecule is CC(C)c1ccc(C(Br)c2cccc(Cl)c2)c(C(C)C)c1. The molecule has 0 aromatic heterocycles. The molecule has 112 valence electrons. The Morgan fingerprint density at radius 2 is 1.52 bits per heavy atom. The summed E-state index contributed by atoms with van der Waals surface area (Å²) < 4.78 is 0. The van der Waals surface area contributed by atoms with E-state index >= 15 is 0 Å². The normalized spacial score (nSPS) is 13.0. The molecule has 0 aliphatic carbocycles. The van der Waals surface area contributed by atoms with Gasteiger partial charge in [0.05, 0.1) is 4.83 Å². The number of benzene rings is 2. The summed E-state index contributed by atoms with van der Waals surface area (Å²) in [6.07, 6.45) is 0. The Bertz CT molecular complexity index is 617. The van der Waals surface area contributed by atoms with Gasteiger partial charge in [0, 0.05) is 5.02 Å². The van der Waals surface area contributed by atoms with E-state index in [0.717, 1.165) is 5.02 Å². The van der Waals surface area contributed by atoms with Crippen LogP contribution in [0, 0.1) is 0 Å². The zero-order valence-corrected chi connectivity index (χ0v) is 15.4. The summed E-state index contributed by atoms with van der Waals surface area (Å²) in [7, 11) is 0. The lowest BCUT2D eigenvalue weighted by molar-refractivity contribution is 0.820. The first kappa shape index (κ1) is 16.6. The molecular weight excluding hydrogens is 344 g/mol. The van der Waals surface area contributed by atoms with Crippen molar-refractivity contribution in [1.29, 1.82) is 0 Å². The molecule has 0 saturated heterocycles. The lowest BCUT2D eigenvalue weighted by Crippen LogP contribution is -2.02. The monoisotopic (exact) mass is 364 g/mol. The molecule has 0 nitrogen and oxygen atoms in total. The zero-order chi connectivity index (χ0) is 15.6. The van der Waals surface area contributed by atoms with Crippen molar-refractivity contribution in [2.45, 2.75) is 44.4 Å². The van der Waals surface area contributed by atoms with Gasteiger partial charge in [-0.25, -0.2) is 0 Å². The molecule has 1 unspecified atom stereocenters. The second kappa shape index (κ2) is 6.98. The number of alkyl halides is 1. The van der Waals surface area contributed by atoms with E-state index in [1.807, 2.05) is 18.2 Å². The molecule has 21 heavy (non-hydrogen) atoms. The molecule has 2 rings (SSSR count). The van der Waals surface area contributed by atoms with Crippen LogP contribution in [-0.4, -0.2) is 0 Å². The summed E-state index contributed by atoms with van der Waals surface area (Å²) in [5, 5.41) is 0.779. The molecule has 0 amide bonds. The van der Waals surface area contributed by atoms with Gasteiger partial charge in [-0.3, -0.25) is 0 Å². The Morgan fingerprint density at radius 1 is 0.810 bits per heavy atom. The lowest BCUT2D eigenvalue weighted by Gasteiger charge is -2.20. The number of rotatable bonds is 4. The molecular formula is C19H22BrCl. The van der Waals surface area contributed by atoms with Crippen molar-refractivity contribution in [2.24, 2.45) is 0 Å². The highest BCUT2D eigenvalue weighted by Crippen LogP contribution is 2.37. The second-order valence-corrected chi connectivity index (χ2v) is 7.47. The van der Waals surface area contributed by atoms with Crippen LogP contribution >= 0.6 is 27.5 Å². The van der Waals surface area contributed by atoms with Gasteiger partial charge in [-0.1, -0.05) is 85.6 Å². The van der Waals surface area contributed by atoms with Gasteiger partial charge in [-0.05, 0) is 46.2 Å². The smallest absolute Gasteiger partial charge is 0.0647 e. The third kappa shape index (κ3) is 3.90. The summed E-state index contributed by atoms with van der Waals surface area (Å²) in [5.41, 5.74) is 5.33.